The Kier molecular flexibility index (Phi) is 3.49. The minimum atomic E-state index is 0.498. The quantitative estimate of drug-likeness (QED) is 0.805. The van der Waals surface area contributed by atoms with Gasteiger partial charge < -0.3 is 10.2 Å². The van der Waals surface area contributed by atoms with Gasteiger partial charge in [0.2, 0.25) is 0 Å². The van der Waals surface area contributed by atoms with Gasteiger partial charge in [-0.2, -0.15) is 0 Å². The SMILES string of the molecule is C[C@H]1CN(c2cc(Cl)cc(Br)n2)CCN1. The summed E-state index contributed by atoms with van der Waals surface area (Å²) in [5, 5.41) is 4.12. The summed E-state index contributed by atoms with van der Waals surface area (Å²) in [6, 6.07) is 4.21. The molecular formula is C10H13BrClN3. The van der Waals surface area contributed by atoms with E-state index in [2.05, 4.69) is 38.1 Å². The zero-order chi connectivity index (χ0) is 10.8. The summed E-state index contributed by atoms with van der Waals surface area (Å²) >= 11 is 9.35. The molecule has 1 aliphatic rings. The fraction of sp³-hybridized carbons (Fsp3) is 0.500. The van der Waals surface area contributed by atoms with E-state index in [9.17, 15) is 0 Å². The number of hydrogen-bond acceptors (Lipinski definition) is 3. The van der Waals surface area contributed by atoms with Crippen molar-refractivity contribution in [3.63, 3.8) is 0 Å². The van der Waals surface area contributed by atoms with E-state index in [4.69, 9.17) is 11.6 Å². The van der Waals surface area contributed by atoms with E-state index in [0.717, 1.165) is 35.1 Å². The van der Waals surface area contributed by atoms with Crippen molar-refractivity contribution in [1.29, 1.82) is 0 Å². The molecule has 1 aliphatic heterocycles. The van der Waals surface area contributed by atoms with E-state index in [1.165, 1.54) is 0 Å². The molecule has 0 unspecified atom stereocenters. The number of aromatic nitrogens is 1. The Balaban J connectivity index is 2.20. The maximum atomic E-state index is 5.99. The highest BCUT2D eigenvalue weighted by Crippen LogP contribution is 2.22. The zero-order valence-corrected chi connectivity index (χ0v) is 10.8. The lowest BCUT2D eigenvalue weighted by Gasteiger charge is -2.32. The number of halogens is 2. The normalized spacial score (nSPS) is 21.8. The predicted molar refractivity (Wildman–Crippen MR) is 66.6 cm³/mol. The number of nitrogens with zero attached hydrogens (tertiary/aromatic N) is 2. The molecule has 1 N–H and O–H groups in total. The minimum Gasteiger partial charge on any atom is -0.354 e. The molecule has 0 spiro atoms. The van der Waals surface area contributed by atoms with Crippen LogP contribution in [0, 0.1) is 0 Å². The lowest BCUT2D eigenvalue weighted by atomic mass is 10.2. The van der Waals surface area contributed by atoms with Gasteiger partial charge in [-0.05, 0) is 35.0 Å². The number of hydrogen-bond donors (Lipinski definition) is 1. The predicted octanol–water partition coefficient (Wildman–Crippen LogP) is 2.30. The van der Waals surface area contributed by atoms with Crippen LogP contribution in [-0.2, 0) is 0 Å². The van der Waals surface area contributed by atoms with Crippen LogP contribution in [0.25, 0.3) is 0 Å². The van der Waals surface area contributed by atoms with Crippen molar-refractivity contribution in [3.05, 3.63) is 21.8 Å². The number of rotatable bonds is 1. The summed E-state index contributed by atoms with van der Waals surface area (Å²) in [6.07, 6.45) is 0. The van der Waals surface area contributed by atoms with Crippen molar-refractivity contribution in [3.8, 4) is 0 Å². The van der Waals surface area contributed by atoms with E-state index in [-0.39, 0.29) is 0 Å². The molecule has 2 rings (SSSR count). The van der Waals surface area contributed by atoms with Crippen LogP contribution in [0.15, 0.2) is 16.7 Å². The van der Waals surface area contributed by atoms with Crippen molar-refractivity contribution >= 4 is 33.3 Å². The highest BCUT2D eigenvalue weighted by molar-refractivity contribution is 9.10. The summed E-state index contributed by atoms with van der Waals surface area (Å²) in [6.45, 7) is 5.11. The number of anilines is 1. The molecule has 2 heterocycles. The molecule has 1 saturated heterocycles. The molecule has 0 radical (unpaired) electrons. The highest BCUT2D eigenvalue weighted by Gasteiger charge is 2.17. The van der Waals surface area contributed by atoms with Crippen molar-refractivity contribution in [2.75, 3.05) is 24.5 Å². The van der Waals surface area contributed by atoms with Crippen LogP contribution in [-0.4, -0.2) is 30.7 Å². The average Bonchev–Trinajstić information content (AvgIpc) is 2.16. The first kappa shape index (κ1) is 11.2. The Hall–Kier alpha value is -0.320. The monoisotopic (exact) mass is 289 g/mol. The Bertz CT molecular complexity index is 338. The van der Waals surface area contributed by atoms with Crippen molar-refractivity contribution in [2.24, 2.45) is 0 Å². The molecule has 0 aromatic carbocycles. The molecule has 0 amide bonds. The molecule has 82 valence electrons. The second kappa shape index (κ2) is 4.68. The van der Waals surface area contributed by atoms with E-state index in [0.29, 0.717) is 6.04 Å². The van der Waals surface area contributed by atoms with Gasteiger partial charge in [-0.25, -0.2) is 4.98 Å². The first-order valence-electron chi connectivity index (χ1n) is 4.96. The number of pyridine rings is 1. The van der Waals surface area contributed by atoms with Gasteiger partial charge in [0.1, 0.15) is 10.4 Å². The summed E-state index contributed by atoms with van der Waals surface area (Å²) in [5.41, 5.74) is 0. The molecule has 15 heavy (non-hydrogen) atoms. The third-order valence-electron chi connectivity index (χ3n) is 2.44. The van der Waals surface area contributed by atoms with E-state index >= 15 is 0 Å². The van der Waals surface area contributed by atoms with Gasteiger partial charge in [0, 0.05) is 30.7 Å². The molecule has 3 nitrogen and oxygen atoms in total. The summed E-state index contributed by atoms with van der Waals surface area (Å²) in [4.78, 5) is 6.67. The third kappa shape index (κ3) is 2.83. The highest BCUT2D eigenvalue weighted by atomic mass is 79.9. The molecule has 1 atom stereocenters. The van der Waals surface area contributed by atoms with Gasteiger partial charge in [0.15, 0.2) is 0 Å². The average molecular weight is 291 g/mol. The summed E-state index contributed by atoms with van der Waals surface area (Å²) in [7, 11) is 0. The van der Waals surface area contributed by atoms with E-state index in [1.54, 1.807) is 6.07 Å². The van der Waals surface area contributed by atoms with Crippen molar-refractivity contribution in [1.82, 2.24) is 10.3 Å². The lowest BCUT2D eigenvalue weighted by Crippen LogP contribution is -2.49. The van der Waals surface area contributed by atoms with Gasteiger partial charge in [-0.3, -0.25) is 0 Å². The Labute approximate surface area is 103 Å². The summed E-state index contributed by atoms with van der Waals surface area (Å²) in [5.74, 6) is 0.947. The van der Waals surface area contributed by atoms with Crippen LogP contribution in [0.3, 0.4) is 0 Å². The van der Waals surface area contributed by atoms with E-state index in [1.807, 2.05) is 6.07 Å². The largest absolute Gasteiger partial charge is 0.354 e. The van der Waals surface area contributed by atoms with Crippen LogP contribution in [0.2, 0.25) is 5.02 Å². The van der Waals surface area contributed by atoms with Gasteiger partial charge >= 0.3 is 0 Å². The van der Waals surface area contributed by atoms with Crippen LogP contribution >= 0.6 is 27.5 Å². The minimum absolute atomic E-state index is 0.498. The Morgan fingerprint density at radius 1 is 1.60 bits per heavy atom. The third-order valence-corrected chi connectivity index (χ3v) is 3.06. The lowest BCUT2D eigenvalue weighted by molar-refractivity contribution is 0.482. The number of piperazine rings is 1. The molecular weight excluding hydrogens is 277 g/mol. The van der Waals surface area contributed by atoms with Gasteiger partial charge in [0.25, 0.3) is 0 Å². The van der Waals surface area contributed by atoms with Crippen LogP contribution < -0.4 is 10.2 Å². The van der Waals surface area contributed by atoms with E-state index < -0.39 is 0 Å². The Morgan fingerprint density at radius 3 is 3.07 bits per heavy atom. The van der Waals surface area contributed by atoms with Gasteiger partial charge in [-0.1, -0.05) is 11.6 Å². The van der Waals surface area contributed by atoms with Crippen molar-refractivity contribution < 1.29 is 0 Å². The second-order valence-corrected chi connectivity index (χ2v) is 5.02. The zero-order valence-electron chi connectivity index (χ0n) is 8.50. The molecule has 0 saturated carbocycles. The maximum Gasteiger partial charge on any atom is 0.131 e. The van der Waals surface area contributed by atoms with Gasteiger partial charge in [-0.15, -0.1) is 0 Å². The van der Waals surface area contributed by atoms with Gasteiger partial charge in [0.05, 0.1) is 0 Å². The molecule has 0 bridgehead atoms. The molecule has 0 aliphatic carbocycles. The number of nitrogens with one attached hydrogen (secondary N) is 1. The van der Waals surface area contributed by atoms with Crippen LogP contribution in [0.4, 0.5) is 5.82 Å². The summed E-state index contributed by atoms with van der Waals surface area (Å²) < 4.78 is 0.788. The topological polar surface area (TPSA) is 28.2 Å². The molecule has 1 fully saturated rings. The molecule has 1 aromatic heterocycles. The standard InChI is InChI=1S/C10H13BrClN3/c1-7-6-15(3-2-13-7)10-5-8(12)4-9(11)14-10/h4-5,7,13H,2-3,6H2,1H3/t7-/m0/s1. The first-order valence-corrected chi connectivity index (χ1v) is 6.13. The maximum absolute atomic E-state index is 5.99. The van der Waals surface area contributed by atoms with Crippen LogP contribution in [0.5, 0.6) is 0 Å². The fourth-order valence-electron chi connectivity index (χ4n) is 1.76. The molecule has 5 heteroatoms. The smallest absolute Gasteiger partial charge is 0.131 e. The second-order valence-electron chi connectivity index (χ2n) is 3.77. The molecule has 1 aromatic rings. The van der Waals surface area contributed by atoms with Crippen molar-refractivity contribution in [2.45, 2.75) is 13.0 Å². The van der Waals surface area contributed by atoms with Crippen LogP contribution in [0.1, 0.15) is 6.92 Å². The fourth-order valence-corrected chi connectivity index (χ4v) is 2.52. The first-order chi connectivity index (χ1) is 7.15. The Morgan fingerprint density at radius 2 is 2.40 bits per heavy atom.